The van der Waals surface area contributed by atoms with Crippen molar-refractivity contribution < 1.29 is 4.39 Å². The Balaban J connectivity index is 1.98. The first-order valence-corrected chi connectivity index (χ1v) is 8.19. The highest BCUT2D eigenvalue weighted by Gasteiger charge is 2.08. The van der Waals surface area contributed by atoms with Gasteiger partial charge in [0.15, 0.2) is 0 Å². The first kappa shape index (κ1) is 16.4. The molecule has 0 atom stereocenters. The molecule has 0 saturated heterocycles. The van der Waals surface area contributed by atoms with Gasteiger partial charge in [0.2, 0.25) is 0 Å². The Labute approximate surface area is 143 Å². The molecule has 1 N–H and O–H groups in total. The van der Waals surface area contributed by atoms with E-state index in [1.807, 2.05) is 50.4 Å². The summed E-state index contributed by atoms with van der Waals surface area (Å²) in [5, 5.41) is 3.18. The molecule has 0 saturated carbocycles. The van der Waals surface area contributed by atoms with Crippen LogP contribution in [0.2, 0.25) is 0 Å². The molecule has 0 amide bonds. The topological polar surface area (TPSA) is 12.0 Å². The number of benzene rings is 3. The van der Waals surface area contributed by atoms with Crippen LogP contribution in [-0.4, -0.2) is 7.05 Å². The van der Waals surface area contributed by atoms with Gasteiger partial charge in [0.05, 0.1) is 0 Å². The van der Waals surface area contributed by atoms with Crippen molar-refractivity contribution in [1.82, 2.24) is 5.32 Å². The molecule has 2 heteroatoms. The molecule has 0 spiro atoms. The fourth-order valence-corrected chi connectivity index (χ4v) is 2.89. The average Bonchev–Trinajstić information content (AvgIpc) is 2.58. The van der Waals surface area contributed by atoms with E-state index in [9.17, 15) is 4.39 Å². The fourth-order valence-electron chi connectivity index (χ4n) is 2.89. The Morgan fingerprint density at radius 1 is 0.792 bits per heavy atom. The van der Waals surface area contributed by atoms with Crippen molar-refractivity contribution >= 4 is 0 Å². The molecule has 0 aliphatic carbocycles. The van der Waals surface area contributed by atoms with Gasteiger partial charge >= 0.3 is 0 Å². The molecular formula is C22H22FN. The van der Waals surface area contributed by atoms with E-state index in [4.69, 9.17) is 0 Å². The molecule has 0 heterocycles. The minimum Gasteiger partial charge on any atom is -0.316 e. The summed E-state index contributed by atoms with van der Waals surface area (Å²) in [7, 11) is 1.93. The third kappa shape index (κ3) is 3.39. The van der Waals surface area contributed by atoms with Gasteiger partial charge < -0.3 is 5.32 Å². The summed E-state index contributed by atoms with van der Waals surface area (Å²) >= 11 is 0. The van der Waals surface area contributed by atoms with Gasteiger partial charge in [-0.2, -0.15) is 0 Å². The van der Waals surface area contributed by atoms with Gasteiger partial charge in [-0.25, -0.2) is 4.39 Å². The highest BCUT2D eigenvalue weighted by Crippen LogP contribution is 2.29. The molecule has 0 aliphatic rings. The van der Waals surface area contributed by atoms with E-state index in [-0.39, 0.29) is 5.82 Å². The van der Waals surface area contributed by atoms with Gasteiger partial charge in [0, 0.05) is 12.1 Å². The van der Waals surface area contributed by atoms with Crippen LogP contribution >= 0.6 is 0 Å². The number of hydrogen-bond acceptors (Lipinski definition) is 1. The predicted octanol–water partition coefficient (Wildman–Crippen LogP) is 5.50. The maximum atomic E-state index is 14.6. The highest BCUT2D eigenvalue weighted by atomic mass is 19.1. The molecular weight excluding hydrogens is 297 g/mol. The zero-order chi connectivity index (χ0) is 17.1. The number of aryl methyl sites for hydroxylation is 2. The normalized spacial score (nSPS) is 10.8. The molecule has 1 nitrogen and oxygen atoms in total. The van der Waals surface area contributed by atoms with Crippen molar-refractivity contribution in [3.8, 4) is 22.3 Å². The van der Waals surface area contributed by atoms with E-state index >= 15 is 0 Å². The van der Waals surface area contributed by atoms with Crippen LogP contribution in [0, 0.1) is 19.7 Å². The van der Waals surface area contributed by atoms with E-state index in [1.165, 1.54) is 16.7 Å². The average molecular weight is 319 g/mol. The molecule has 0 bridgehead atoms. The Bertz CT molecular complexity index is 850. The Morgan fingerprint density at radius 3 is 2.08 bits per heavy atom. The summed E-state index contributed by atoms with van der Waals surface area (Å²) in [5.41, 5.74) is 7.14. The summed E-state index contributed by atoms with van der Waals surface area (Å²) in [4.78, 5) is 0. The fraction of sp³-hybridized carbons (Fsp3) is 0.182. The summed E-state index contributed by atoms with van der Waals surface area (Å²) in [6.45, 7) is 4.94. The van der Waals surface area contributed by atoms with Crippen LogP contribution in [0.5, 0.6) is 0 Å². The van der Waals surface area contributed by atoms with Gasteiger partial charge in [-0.05, 0) is 60.8 Å². The molecule has 3 rings (SSSR count). The number of hydrogen-bond donors (Lipinski definition) is 1. The monoisotopic (exact) mass is 319 g/mol. The maximum absolute atomic E-state index is 14.6. The molecule has 0 aliphatic heterocycles. The molecule has 24 heavy (non-hydrogen) atoms. The Hall–Kier alpha value is -2.45. The first-order chi connectivity index (χ1) is 11.6. The third-order valence-corrected chi connectivity index (χ3v) is 4.38. The maximum Gasteiger partial charge on any atom is 0.131 e. The second-order valence-corrected chi connectivity index (χ2v) is 6.23. The SMILES string of the molecule is CNCc1cc(-c2ccc(-c3ccc(C)cc3)c(F)c2)ccc1C. The highest BCUT2D eigenvalue weighted by molar-refractivity contribution is 5.71. The number of nitrogens with one attached hydrogen (secondary N) is 1. The predicted molar refractivity (Wildman–Crippen MR) is 99.5 cm³/mol. The minimum absolute atomic E-state index is 0.188. The summed E-state index contributed by atoms with van der Waals surface area (Å²) < 4.78 is 14.6. The molecule has 3 aromatic rings. The Morgan fingerprint density at radius 2 is 1.42 bits per heavy atom. The molecule has 0 fully saturated rings. The summed E-state index contributed by atoms with van der Waals surface area (Å²) in [6.07, 6.45) is 0. The van der Waals surface area contributed by atoms with Crippen molar-refractivity contribution in [3.05, 3.63) is 83.2 Å². The van der Waals surface area contributed by atoms with Crippen LogP contribution in [0.25, 0.3) is 22.3 Å². The smallest absolute Gasteiger partial charge is 0.131 e. The van der Waals surface area contributed by atoms with Gasteiger partial charge in [-0.15, -0.1) is 0 Å². The van der Waals surface area contributed by atoms with Gasteiger partial charge in [-0.3, -0.25) is 0 Å². The molecule has 3 aromatic carbocycles. The van der Waals surface area contributed by atoms with Crippen LogP contribution in [0.15, 0.2) is 60.7 Å². The quantitative estimate of drug-likeness (QED) is 0.670. The van der Waals surface area contributed by atoms with Crippen LogP contribution in [0.1, 0.15) is 16.7 Å². The van der Waals surface area contributed by atoms with E-state index in [1.54, 1.807) is 6.07 Å². The lowest BCUT2D eigenvalue weighted by Gasteiger charge is -2.11. The number of rotatable bonds is 4. The van der Waals surface area contributed by atoms with Gasteiger partial charge in [-0.1, -0.05) is 54.1 Å². The third-order valence-electron chi connectivity index (χ3n) is 4.38. The molecule has 0 radical (unpaired) electrons. The lowest BCUT2D eigenvalue weighted by molar-refractivity contribution is 0.632. The van der Waals surface area contributed by atoms with Crippen molar-refractivity contribution in [3.63, 3.8) is 0 Å². The van der Waals surface area contributed by atoms with E-state index in [0.717, 1.165) is 23.2 Å². The van der Waals surface area contributed by atoms with E-state index < -0.39 is 0 Å². The van der Waals surface area contributed by atoms with Crippen LogP contribution in [0.3, 0.4) is 0 Å². The minimum atomic E-state index is -0.188. The second kappa shape index (κ2) is 6.98. The number of halogens is 1. The first-order valence-electron chi connectivity index (χ1n) is 8.19. The standard InChI is InChI=1S/C22H22FN/c1-15-4-7-17(8-5-15)21-11-10-19(13-22(21)23)18-9-6-16(2)20(12-18)14-24-3/h4-13,24H,14H2,1-3H3. The summed E-state index contributed by atoms with van der Waals surface area (Å²) in [6, 6.07) is 19.7. The molecule has 122 valence electrons. The Kier molecular flexibility index (Phi) is 4.77. The molecule has 0 unspecified atom stereocenters. The van der Waals surface area contributed by atoms with E-state index in [2.05, 4.69) is 30.4 Å². The molecule has 0 aromatic heterocycles. The van der Waals surface area contributed by atoms with Crippen molar-refractivity contribution in [2.45, 2.75) is 20.4 Å². The van der Waals surface area contributed by atoms with Crippen molar-refractivity contribution in [2.75, 3.05) is 7.05 Å². The zero-order valence-corrected chi connectivity index (χ0v) is 14.4. The largest absolute Gasteiger partial charge is 0.316 e. The van der Waals surface area contributed by atoms with Crippen LogP contribution in [-0.2, 0) is 6.54 Å². The van der Waals surface area contributed by atoms with Crippen molar-refractivity contribution in [1.29, 1.82) is 0 Å². The van der Waals surface area contributed by atoms with Crippen LogP contribution < -0.4 is 5.32 Å². The van der Waals surface area contributed by atoms with Gasteiger partial charge in [0.25, 0.3) is 0 Å². The van der Waals surface area contributed by atoms with Gasteiger partial charge in [0.1, 0.15) is 5.82 Å². The van der Waals surface area contributed by atoms with E-state index in [0.29, 0.717) is 5.56 Å². The lowest BCUT2D eigenvalue weighted by Crippen LogP contribution is -2.06. The lowest BCUT2D eigenvalue weighted by atomic mass is 9.96. The summed E-state index contributed by atoms with van der Waals surface area (Å²) in [5.74, 6) is -0.188. The second-order valence-electron chi connectivity index (χ2n) is 6.23. The van der Waals surface area contributed by atoms with Crippen molar-refractivity contribution in [2.24, 2.45) is 0 Å². The van der Waals surface area contributed by atoms with Crippen LogP contribution in [0.4, 0.5) is 4.39 Å². The zero-order valence-electron chi connectivity index (χ0n) is 14.4.